The highest BCUT2D eigenvalue weighted by molar-refractivity contribution is 7.92. The third-order valence-corrected chi connectivity index (χ3v) is 4.42. The second-order valence-electron chi connectivity index (χ2n) is 4.77. The smallest absolute Gasteiger partial charge is 0.233 e. The van der Waals surface area contributed by atoms with Crippen molar-refractivity contribution in [3.8, 4) is 6.07 Å². The fourth-order valence-corrected chi connectivity index (χ4v) is 3.13. The third kappa shape index (κ3) is 4.07. The number of anilines is 1. The molecule has 0 bridgehead atoms. The number of sulfonamides is 1. The standard InChI is InChI=1S/C16H16N2O2S/c1-13-6-5-9-16(15(13)12-17)18-21(19,20)11-10-14-7-3-2-4-8-14/h2-9,18H,10-11H2,1H3. The zero-order chi connectivity index (χ0) is 15.3. The molecule has 2 rings (SSSR count). The maximum absolute atomic E-state index is 12.1. The van der Waals surface area contributed by atoms with Gasteiger partial charge in [0, 0.05) is 0 Å². The Labute approximate surface area is 125 Å². The van der Waals surface area contributed by atoms with Crippen molar-refractivity contribution in [2.45, 2.75) is 13.3 Å². The summed E-state index contributed by atoms with van der Waals surface area (Å²) in [7, 11) is -3.48. The minimum absolute atomic E-state index is 0.0180. The van der Waals surface area contributed by atoms with Crippen molar-refractivity contribution >= 4 is 15.7 Å². The predicted octanol–water partition coefficient (Wildman–Crippen LogP) is 2.85. The molecule has 0 saturated heterocycles. The molecule has 0 radical (unpaired) electrons. The first-order valence-electron chi connectivity index (χ1n) is 6.56. The first-order valence-corrected chi connectivity index (χ1v) is 8.21. The topological polar surface area (TPSA) is 70.0 Å². The quantitative estimate of drug-likeness (QED) is 0.923. The lowest BCUT2D eigenvalue weighted by Gasteiger charge is -2.10. The monoisotopic (exact) mass is 300 g/mol. The molecule has 21 heavy (non-hydrogen) atoms. The van der Waals surface area contributed by atoms with Crippen LogP contribution >= 0.6 is 0 Å². The lowest BCUT2D eigenvalue weighted by molar-refractivity contribution is 0.600. The van der Waals surface area contributed by atoms with Gasteiger partial charge in [-0.15, -0.1) is 0 Å². The molecule has 0 aliphatic rings. The van der Waals surface area contributed by atoms with Crippen LogP contribution in [0.2, 0.25) is 0 Å². The lowest BCUT2D eigenvalue weighted by atomic mass is 10.1. The molecule has 0 amide bonds. The Bertz CT molecular complexity index is 763. The molecule has 0 saturated carbocycles. The maximum atomic E-state index is 12.1. The second kappa shape index (κ2) is 6.42. The summed E-state index contributed by atoms with van der Waals surface area (Å²) >= 11 is 0. The van der Waals surface area contributed by atoms with E-state index >= 15 is 0 Å². The SMILES string of the molecule is Cc1cccc(NS(=O)(=O)CCc2ccccc2)c1C#N. The van der Waals surface area contributed by atoms with Crippen molar-refractivity contribution in [2.75, 3.05) is 10.5 Å². The van der Waals surface area contributed by atoms with Gasteiger partial charge in [-0.1, -0.05) is 42.5 Å². The molecule has 108 valence electrons. The van der Waals surface area contributed by atoms with Crippen LogP contribution in [0, 0.1) is 18.3 Å². The Morgan fingerprint density at radius 1 is 1.10 bits per heavy atom. The molecule has 2 aromatic carbocycles. The fraction of sp³-hybridized carbons (Fsp3) is 0.188. The van der Waals surface area contributed by atoms with Crippen LogP contribution in [0.4, 0.5) is 5.69 Å². The van der Waals surface area contributed by atoms with E-state index in [9.17, 15) is 8.42 Å². The largest absolute Gasteiger partial charge is 0.282 e. The summed E-state index contributed by atoms with van der Waals surface area (Å²) in [4.78, 5) is 0. The first kappa shape index (κ1) is 15.1. The summed E-state index contributed by atoms with van der Waals surface area (Å²) in [6.07, 6.45) is 0.434. The molecule has 4 nitrogen and oxygen atoms in total. The summed E-state index contributed by atoms with van der Waals surface area (Å²) in [6, 6.07) is 16.6. The molecule has 0 aromatic heterocycles. The average molecular weight is 300 g/mol. The zero-order valence-electron chi connectivity index (χ0n) is 11.7. The highest BCUT2D eigenvalue weighted by Gasteiger charge is 2.14. The third-order valence-electron chi connectivity index (χ3n) is 3.15. The average Bonchev–Trinajstić information content (AvgIpc) is 2.46. The van der Waals surface area contributed by atoms with Crippen molar-refractivity contribution in [2.24, 2.45) is 0 Å². The van der Waals surface area contributed by atoms with Crippen molar-refractivity contribution in [3.05, 3.63) is 65.2 Å². The zero-order valence-corrected chi connectivity index (χ0v) is 12.5. The molecule has 0 spiro atoms. The van der Waals surface area contributed by atoms with E-state index in [2.05, 4.69) is 4.72 Å². The summed E-state index contributed by atoms with van der Waals surface area (Å²) in [5.74, 6) is -0.0180. The van der Waals surface area contributed by atoms with E-state index in [0.717, 1.165) is 11.1 Å². The van der Waals surface area contributed by atoms with E-state index < -0.39 is 10.0 Å². The van der Waals surface area contributed by atoms with E-state index in [4.69, 9.17) is 5.26 Å². The van der Waals surface area contributed by atoms with Gasteiger partial charge in [-0.3, -0.25) is 4.72 Å². The highest BCUT2D eigenvalue weighted by Crippen LogP contribution is 2.19. The van der Waals surface area contributed by atoms with Crippen LogP contribution < -0.4 is 4.72 Å². The molecule has 0 atom stereocenters. The van der Waals surface area contributed by atoms with Gasteiger partial charge in [0.2, 0.25) is 10.0 Å². The number of nitrogens with zero attached hydrogens (tertiary/aromatic N) is 1. The van der Waals surface area contributed by atoms with Gasteiger partial charge >= 0.3 is 0 Å². The van der Waals surface area contributed by atoms with Crippen molar-refractivity contribution in [1.29, 1.82) is 5.26 Å². The minimum Gasteiger partial charge on any atom is -0.282 e. The number of hydrogen-bond donors (Lipinski definition) is 1. The predicted molar refractivity (Wildman–Crippen MR) is 83.4 cm³/mol. The number of aryl methyl sites for hydroxylation is 2. The molecular weight excluding hydrogens is 284 g/mol. The number of rotatable bonds is 5. The number of hydrogen-bond acceptors (Lipinski definition) is 3. The van der Waals surface area contributed by atoms with Crippen molar-refractivity contribution in [3.63, 3.8) is 0 Å². The first-order chi connectivity index (χ1) is 10.0. The highest BCUT2D eigenvalue weighted by atomic mass is 32.2. The minimum atomic E-state index is -3.48. The maximum Gasteiger partial charge on any atom is 0.233 e. The van der Waals surface area contributed by atoms with Gasteiger partial charge in [0.25, 0.3) is 0 Å². The van der Waals surface area contributed by atoms with E-state index in [0.29, 0.717) is 17.7 Å². The van der Waals surface area contributed by atoms with Gasteiger partial charge in [-0.2, -0.15) is 5.26 Å². The summed E-state index contributed by atoms with van der Waals surface area (Å²) < 4.78 is 26.8. The van der Waals surface area contributed by atoms with Gasteiger partial charge in [0.15, 0.2) is 0 Å². The fourth-order valence-electron chi connectivity index (χ4n) is 2.02. The van der Waals surface area contributed by atoms with Crippen LogP contribution in [0.5, 0.6) is 0 Å². The second-order valence-corrected chi connectivity index (χ2v) is 6.61. The van der Waals surface area contributed by atoms with Gasteiger partial charge in [0.05, 0.1) is 17.0 Å². The van der Waals surface area contributed by atoms with Crippen LogP contribution in [0.15, 0.2) is 48.5 Å². The van der Waals surface area contributed by atoms with Crippen molar-refractivity contribution in [1.82, 2.24) is 0 Å². The van der Waals surface area contributed by atoms with Crippen molar-refractivity contribution < 1.29 is 8.42 Å². The normalized spacial score (nSPS) is 10.9. The van der Waals surface area contributed by atoms with Gasteiger partial charge in [0.1, 0.15) is 6.07 Å². The van der Waals surface area contributed by atoms with E-state index in [1.807, 2.05) is 36.4 Å². The summed E-state index contributed by atoms with van der Waals surface area (Å²) in [5.41, 5.74) is 2.42. The Morgan fingerprint density at radius 3 is 2.48 bits per heavy atom. The van der Waals surface area contributed by atoms with Crippen LogP contribution in [-0.2, 0) is 16.4 Å². The summed E-state index contributed by atoms with van der Waals surface area (Å²) in [5, 5.41) is 9.12. The molecule has 0 fully saturated rings. The van der Waals surface area contributed by atoms with Gasteiger partial charge in [-0.05, 0) is 30.5 Å². The molecule has 2 aromatic rings. The lowest BCUT2D eigenvalue weighted by Crippen LogP contribution is -2.19. The molecule has 5 heteroatoms. The molecule has 0 aliphatic carbocycles. The van der Waals surface area contributed by atoms with E-state index in [1.54, 1.807) is 25.1 Å². The molecule has 0 unspecified atom stereocenters. The van der Waals surface area contributed by atoms with Gasteiger partial charge in [-0.25, -0.2) is 8.42 Å². The molecule has 0 heterocycles. The van der Waals surface area contributed by atoms with Crippen LogP contribution in [0.1, 0.15) is 16.7 Å². The Balaban J connectivity index is 2.12. The molecule has 1 N–H and O–H groups in total. The van der Waals surface area contributed by atoms with Gasteiger partial charge < -0.3 is 0 Å². The number of nitriles is 1. The number of benzene rings is 2. The molecular formula is C16H16N2O2S. The Morgan fingerprint density at radius 2 is 1.81 bits per heavy atom. The van der Waals surface area contributed by atoms with Crippen LogP contribution in [-0.4, -0.2) is 14.2 Å². The van der Waals surface area contributed by atoms with Crippen LogP contribution in [0.25, 0.3) is 0 Å². The Hall–Kier alpha value is -2.32. The van der Waals surface area contributed by atoms with E-state index in [1.165, 1.54) is 0 Å². The van der Waals surface area contributed by atoms with E-state index in [-0.39, 0.29) is 5.75 Å². The number of nitrogens with one attached hydrogen (secondary N) is 1. The Kier molecular flexibility index (Phi) is 4.61. The van der Waals surface area contributed by atoms with Crippen LogP contribution in [0.3, 0.4) is 0 Å². The molecule has 0 aliphatic heterocycles. The summed E-state index contributed by atoms with van der Waals surface area (Å²) in [6.45, 7) is 1.78.